The summed E-state index contributed by atoms with van der Waals surface area (Å²) in [4.78, 5) is 26.5. The number of nitrogens with one attached hydrogen (secondary N) is 2. The van der Waals surface area contributed by atoms with Crippen LogP contribution in [0.4, 0.5) is 16.2 Å². The van der Waals surface area contributed by atoms with Crippen molar-refractivity contribution >= 4 is 23.3 Å². The molecule has 2 heterocycles. The second-order valence-corrected chi connectivity index (χ2v) is 6.83. The van der Waals surface area contributed by atoms with Crippen molar-refractivity contribution in [2.45, 2.75) is 19.3 Å². The number of carbonyl (C=O) groups is 2. The van der Waals surface area contributed by atoms with E-state index in [2.05, 4.69) is 27.7 Å². The number of benzene rings is 2. The van der Waals surface area contributed by atoms with Crippen LogP contribution >= 0.6 is 0 Å². The van der Waals surface area contributed by atoms with Crippen LogP contribution in [-0.4, -0.2) is 38.2 Å². The number of amides is 3. The molecule has 28 heavy (non-hydrogen) atoms. The molecule has 2 aliphatic rings. The zero-order valence-electron chi connectivity index (χ0n) is 15.6. The Balaban J connectivity index is 1.28. The Hall–Kier alpha value is -3.22. The standard InChI is InChI=1S/C21H23N3O4/c25-20(9-11-24-10-3-5-15-4-1-2-6-17(15)24)23-21(26)22-16-7-8-18-19(14-16)28-13-12-27-18/h1-2,4,6-8,14H,3,5,9-13H2,(H2,22,23,25,26). The van der Waals surface area contributed by atoms with E-state index in [0.717, 1.165) is 19.4 Å². The predicted molar refractivity (Wildman–Crippen MR) is 106 cm³/mol. The van der Waals surface area contributed by atoms with Gasteiger partial charge in [-0.15, -0.1) is 0 Å². The Morgan fingerprint density at radius 3 is 2.75 bits per heavy atom. The zero-order valence-corrected chi connectivity index (χ0v) is 15.6. The molecule has 0 atom stereocenters. The summed E-state index contributed by atoms with van der Waals surface area (Å²) in [6, 6.07) is 12.8. The van der Waals surface area contributed by atoms with Gasteiger partial charge in [0.05, 0.1) is 0 Å². The van der Waals surface area contributed by atoms with Crippen LogP contribution in [-0.2, 0) is 11.2 Å². The second-order valence-electron chi connectivity index (χ2n) is 6.83. The van der Waals surface area contributed by atoms with Crippen molar-refractivity contribution in [3.63, 3.8) is 0 Å². The Kier molecular flexibility index (Phi) is 5.32. The Morgan fingerprint density at radius 1 is 1.04 bits per heavy atom. The highest BCUT2D eigenvalue weighted by Crippen LogP contribution is 2.32. The molecular weight excluding hydrogens is 358 g/mol. The van der Waals surface area contributed by atoms with Gasteiger partial charge < -0.3 is 19.7 Å². The summed E-state index contributed by atoms with van der Waals surface area (Å²) in [5, 5.41) is 5.04. The fourth-order valence-electron chi connectivity index (χ4n) is 3.55. The van der Waals surface area contributed by atoms with E-state index in [1.165, 1.54) is 11.3 Å². The molecule has 2 N–H and O–H groups in total. The fourth-order valence-corrected chi connectivity index (χ4v) is 3.55. The Morgan fingerprint density at radius 2 is 1.86 bits per heavy atom. The number of ether oxygens (including phenoxy) is 2. The zero-order chi connectivity index (χ0) is 19.3. The maximum atomic E-state index is 12.2. The molecule has 0 radical (unpaired) electrons. The third-order valence-corrected chi connectivity index (χ3v) is 4.87. The lowest BCUT2D eigenvalue weighted by atomic mass is 10.0. The number of para-hydroxylation sites is 1. The summed E-state index contributed by atoms with van der Waals surface area (Å²) < 4.78 is 10.9. The van der Waals surface area contributed by atoms with Gasteiger partial charge in [0.15, 0.2) is 11.5 Å². The molecule has 4 rings (SSSR count). The van der Waals surface area contributed by atoms with Crippen molar-refractivity contribution in [2.24, 2.45) is 0 Å². The monoisotopic (exact) mass is 381 g/mol. The smallest absolute Gasteiger partial charge is 0.325 e. The molecule has 7 nitrogen and oxygen atoms in total. The number of aryl methyl sites for hydroxylation is 1. The molecule has 7 heteroatoms. The number of nitrogens with zero attached hydrogens (tertiary/aromatic N) is 1. The van der Waals surface area contributed by atoms with E-state index in [0.29, 0.717) is 36.9 Å². The van der Waals surface area contributed by atoms with Gasteiger partial charge in [0.25, 0.3) is 0 Å². The summed E-state index contributed by atoms with van der Waals surface area (Å²) in [7, 11) is 0. The fraction of sp³-hybridized carbons (Fsp3) is 0.333. The highest BCUT2D eigenvalue weighted by atomic mass is 16.6. The quantitative estimate of drug-likeness (QED) is 0.851. The van der Waals surface area contributed by atoms with Crippen molar-refractivity contribution in [1.82, 2.24) is 5.32 Å². The molecule has 0 fully saturated rings. The van der Waals surface area contributed by atoms with E-state index in [1.54, 1.807) is 18.2 Å². The van der Waals surface area contributed by atoms with E-state index >= 15 is 0 Å². The number of anilines is 2. The number of urea groups is 1. The third-order valence-electron chi connectivity index (χ3n) is 4.87. The highest BCUT2D eigenvalue weighted by Gasteiger charge is 2.18. The summed E-state index contributed by atoms with van der Waals surface area (Å²) in [5.41, 5.74) is 3.03. The molecule has 146 valence electrons. The first kappa shape index (κ1) is 18.2. The van der Waals surface area contributed by atoms with Gasteiger partial charge in [-0.05, 0) is 36.6 Å². The molecule has 0 bridgehead atoms. The Labute approximate surface area is 163 Å². The normalized spacial score (nSPS) is 14.8. The lowest BCUT2D eigenvalue weighted by molar-refractivity contribution is -0.119. The minimum atomic E-state index is -0.555. The van der Waals surface area contributed by atoms with Crippen molar-refractivity contribution in [3.8, 4) is 11.5 Å². The minimum Gasteiger partial charge on any atom is -0.486 e. The molecule has 0 aliphatic carbocycles. The molecule has 2 aromatic carbocycles. The average Bonchev–Trinajstić information content (AvgIpc) is 2.72. The van der Waals surface area contributed by atoms with Crippen LogP contribution in [0.25, 0.3) is 0 Å². The van der Waals surface area contributed by atoms with Crippen molar-refractivity contribution in [1.29, 1.82) is 0 Å². The Bertz CT molecular complexity index is 884. The van der Waals surface area contributed by atoms with Crippen molar-refractivity contribution in [3.05, 3.63) is 48.0 Å². The van der Waals surface area contributed by atoms with Gasteiger partial charge in [-0.3, -0.25) is 10.1 Å². The maximum absolute atomic E-state index is 12.2. The first-order chi connectivity index (χ1) is 13.7. The van der Waals surface area contributed by atoms with E-state index in [-0.39, 0.29) is 12.3 Å². The molecular formula is C21H23N3O4. The van der Waals surface area contributed by atoms with Gasteiger partial charge in [-0.1, -0.05) is 18.2 Å². The van der Waals surface area contributed by atoms with Gasteiger partial charge in [0.2, 0.25) is 5.91 Å². The van der Waals surface area contributed by atoms with Gasteiger partial charge in [0, 0.05) is 37.0 Å². The summed E-state index contributed by atoms with van der Waals surface area (Å²) in [6.07, 6.45) is 2.39. The first-order valence-electron chi connectivity index (χ1n) is 9.52. The summed E-state index contributed by atoms with van der Waals surface area (Å²) in [5.74, 6) is 0.923. The average molecular weight is 381 g/mol. The lowest BCUT2D eigenvalue weighted by Crippen LogP contribution is -2.38. The van der Waals surface area contributed by atoms with Crippen LogP contribution in [0.3, 0.4) is 0 Å². The number of imide groups is 1. The van der Waals surface area contributed by atoms with Gasteiger partial charge in [-0.2, -0.15) is 0 Å². The third kappa shape index (κ3) is 4.19. The van der Waals surface area contributed by atoms with Crippen LogP contribution in [0.5, 0.6) is 11.5 Å². The summed E-state index contributed by atoms with van der Waals surface area (Å²) in [6.45, 7) is 2.49. The van der Waals surface area contributed by atoms with E-state index in [9.17, 15) is 9.59 Å². The topological polar surface area (TPSA) is 79.9 Å². The van der Waals surface area contributed by atoms with E-state index < -0.39 is 6.03 Å². The molecule has 0 saturated carbocycles. The van der Waals surface area contributed by atoms with Crippen LogP contribution in [0, 0.1) is 0 Å². The molecule has 0 unspecified atom stereocenters. The van der Waals surface area contributed by atoms with Gasteiger partial charge >= 0.3 is 6.03 Å². The molecule has 0 aromatic heterocycles. The molecule has 0 saturated heterocycles. The highest BCUT2D eigenvalue weighted by molar-refractivity contribution is 6.01. The first-order valence-corrected chi connectivity index (χ1v) is 9.52. The molecule has 2 aliphatic heterocycles. The number of hydrogen-bond acceptors (Lipinski definition) is 5. The van der Waals surface area contributed by atoms with Gasteiger partial charge in [0.1, 0.15) is 13.2 Å². The number of carbonyl (C=O) groups excluding carboxylic acids is 2. The molecule has 2 aromatic rings. The number of fused-ring (bicyclic) bond motifs is 2. The van der Waals surface area contributed by atoms with Crippen LogP contribution in [0.2, 0.25) is 0 Å². The van der Waals surface area contributed by atoms with E-state index in [4.69, 9.17) is 9.47 Å². The lowest BCUT2D eigenvalue weighted by Gasteiger charge is -2.31. The largest absolute Gasteiger partial charge is 0.486 e. The van der Waals surface area contributed by atoms with Crippen molar-refractivity contribution in [2.75, 3.05) is 36.5 Å². The van der Waals surface area contributed by atoms with Gasteiger partial charge in [-0.25, -0.2) is 4.79 Å². The van der Waals surface area contributed by atoms with Crippen LogP contribution in [0.1, 0.15) is 18.4 Å². The van der Waals surface area contributed by atoms with Crippen LogP contribution in [0.15, 0.2) is 42.5 Å². The minimum absolute atomic E-state index is 0.253. The summed E-state index contributed by atoms with van der Waals surface area (Å²) >= 11 is 0. The molecule has 0 spiro atoms. The second kappa shape index (κ2) is 8.21. The predicted octanol–water partition coefficient (Wildman–Crippen LogP) is 2.95. The molecule has 3 amide bonds. The van der Waals surface area contributed by atoms with Crippen LogP contribution < -0.4 is 25.0 Å². The van der Waals surface area contributed by atoms with Crippen molar-refractivity contribution < 1.29 is 19.1 Å². The number of hydrogen-bond donors (Lipinski definition) is 2. The maximum Gasteiger partial charge on any atom is 0.325 e. The van der Waals surface area contributed by atoms with E-state index in [1.807, 2.05) is 12.1 Å². The SMILES string of the molecule is O=C(CCN1CCCc2ccccc21)NC(=O)Nc1ccc2c(c1)OCCO2. The number of rotatable bonds is 4.